The van der Waals surface area contributed by atoms with Gasteiger partial charge >= 0.3 is 0 Å². The Morgan fingerprint density at radius 3 is 3.08 bits per heavy atom. The third-order valence-electron chi connectivity index (χ3n) is 2.03. The molecule has 66 valence electrons. The van der Waals surface area contributed by atoms with Gasteiger partial charge < -0.3 is 0 Å². The third kappa shape index (κ3) is 1.59. The van der Waals surface area contributed by atoms with Crippen molar-refractivity contribution < 1.29 is 0 Å². The van der Waals surface area contributed by atoms with Gasteiger partial charge in [0.05, 0.1) is 11.9 Å². The van der Waals surface area contributed by atoms with Crippen molar-refractivity contribution in [1.29, 1.82) is 0 Å². The molecule has 0 radical (unpaired) electrons. The molecule has 0 saturated heterocycles. The Morgan fingerprint density at radius 2 is 2.38 bits per heavy atom. The van der Waals surface area contributed by atoms with Gasteiger partial charge in [0.25, 0.3) is 0 Å². The number of pyridine rings is 1. The highest BCUT2D eigenvalue weighted by molar-refractivity contribution is 5.57. The van der Waals surface area contributed by atoms with Crippen LogP contribution in [0.25, 0.3) is 11.3 Å². The largest absolute Gasteiger partial charge is 0.285 e. The van der Waals surface area contributed by atoms with E-state index in [1.54, 1.807) is 6.20 Å². The molecule has 0 amide bonds. The molecule has 3 nitrogen and oxygen atoms in total. The average molecular weight is 173 g/mol. The Morgan fingerprint density at radius 1 is 1.46 bits per heavy atom. The second kappa shape index (κ2) is 3.39. The molecule has 0 aliphatic rings. The first-order valence-corrected chi connectivity index (χ1v) is 4.34. The van der Waals surface area contributed by atoms with Crippen LogP contribution in [-0.2, 0) is 6.42 Å². The van der Waals surface area contributed by atoms with E-state index in [2.05, 4.69) is 28.2 Å². The van der Waals surface area contributed by atoms with Gasteiger partial charge in [-0.3, -0.25) is 10.1 Å². The molecule has 2 heterocycles. The van der Waals surface area contributed by atoms with Crippen LogP contribution in [0, 0.1) is 0 Å². The van der Waals surface area contributed by atoms with E-state index < -0.39 is 0 Å². The van der Waals surface area contributed by atoms with Crippen molar-refractivity contribution in [2.45, 2.75) is 13.3 Å². The third-order valence-corrected chi connectivity index (χ3v) is 2.03. The van der Waals surface area contributed by atoms with Crippen molar-refractivity contribution in [1.82, 2.24) is 15.2 Å². The molecule has 13 heavy (non-hydrogen) atoms. The summed E-state index contributed by atoms with van der Waals surface area (Å²) in [6.07, 6.45) is 6.50. The van der Waals surface area contributed by atoms with Crippen LogP contribution in [0.15, 0.2) is 30.7 Å². The highest BCUT2D eigenvalue weighted by Crippen LogP contribution is 2.15. The maximum Gasteiger partial charge on any atom is 0.0736 e. The Bertz CT molecular complexity index is 379. The van der Waals surface area contributed by atoms with Crippen molar-refractivity contribution in [3.05, 3.63) is 36.3 Å². The van der Waals surface area contributed by atoms with Crippen molar-refractivity contribution in [2.24, 2.45) is 0 Å². The molecular formula is C10H11N3. The van der Waals surface area contributed by atoms with E-state index >= 15 is 0 Å². The number of nitrogens with one attached hydrogen (secondary N) is 1. The second-order valence-corrected chi connectivity index (χ2v) is 2.89. The van der Waals surface area contributed by atoms with Crippen LogP contribution < -0.4 is 0 Å². The molecule has 2 aromatic heterocycles. The van der Waals surface area contributed by atoms with Gasteiger partial charge in [-0.1, -0.05) is 6.92 Å². The lowest BCUT2D eigenvalue weighted by molar-refractivity contribution is 1.09. The number of H-pyrrole nitrogens is 1. The second-order valence-electron chi connectivity index (χ2n) is 2.89. The Kier molecular flexibility index (Phi) is 2.08. The van der Waals surface area contributed by atoms with E-state index in [1.165, 1.54) is 5.56 Å². The standard InChI is InChI=1S/C10H11N3/c1-2-8-3-4-11-10(5-8)9-6-12-13-7-9/h3-7H,2H2,1H3,(H,12,13). The van der Waals surface area contributed by atoms with Crippen LogP contribution >= 0.6 is 0 Å². The summed E-state index contributed by atoms with van der Waals surface area (Å²) in [6.45, 7) is 2.13. The zero-order valence-electron chi connectivity index (χ0n) is 7.49. The molecule has 3 heteroatoms. The molecule has 2 aromatic rings. The Labute approximate surface area is 76.8 Å². The first-order chi connectivity index (χ1) is 6.40. The molecule has 1 N–H and O–H groups in total. The van der Waals surface area contributed by atoms with Gasteiger partial charge in [-0.15, -0.1) is 0 Å². The van der Waals surface area contributed by atoms with Crippen LogP contribution in [-0.4, -0.2) is 15.2 Å². The minimum absolute atomic E-state index is 0.980. The van der Waals surface area contributed by atoms with Crippen molar-refractivity contribution >= 4 is 0 Å². The summed E-state index contributed by atoms with van der Waals surface area (Å²) in [5.41, 5.74) is 3.31. The van der Waals surface area contributed by atoms with Crippen LogP contribution in [0.1, 0.15) is 12.5 Å². The smallest absolute Gasteiger partial charge is 0.0736 e. The van der Waals surface area contributed by atoms with Gasteiger partial charge in [0, 0.05) is 18.0 Å². The molecule has 0 aliphatic carbocycles. The Hall–Kier alpha value is -1.64. The molecule has 0 aliphatic heterocycles. The number of rotatable bonds is 2. The molecule has 0 saturated carbocycles. The topological polar surface area (TPSA) is 41.6 Å². The number of hydrogen-bond donors (Lipinski definition) is 1. The normalized spacial score (nSPS) is 10.2. The summed E-state index contributed by atoms with van der Waals surface area (Å²) in [5, 5.41) is 6.66. The summed E-state index contributed by atoms with van der Waals surface area (Å²) in [6, 6.07) is 4.12. The zero-order valence-corrected chi connectivity index (χ0v) is 7.49. The quantitative estimate of drug-likeness (QED) is 0.755. The number of aromatic nitrogens is 3. The lowest BCUT2D eigenvalue weighted by atomic mass is 10.1. The number of aryl methyl sites for hydroxylation is 1. The van der Waals surface area contributed by atoms with Crippen molar-refractivity contribution in [2.75, 3.05) is 0 Å². The number of nitrogens with zero attached hydrogens (tertiary/aromatic N) is 2. The summed E-state index contributed by atoms with van der Waals surface area (Å²) in [5.74, 6) is 0. The van der Waals surface area contributed by atoms with Gasteiger partial charge in [-0.05, 0) is 24.1 Å². The molecular weight excluding hydrogens is 162 g/mol. The summed E-state index contributed by atoms with van der Waals surface area (Å²) < 4.78 is 0. The minimum Gasteiger partial charge on any atom is -0.285 e. The monoisotopic (exact) mass is 173 g/mol. The maximum absolute atomic E-state index is 4.27. The van der Waals surface area contributed by atoms with Gasteiger partial charge in [-0.2, -0.15) is 5.10 Å². The number of aromatic amines is 1. The molecule has 0 fully saturated rings. The van der Waals surface area contributed by atoms with Crippen molar-refractivity contribution in [3.63, 3.8) is 0 Å². The molecule has 0 bridgehead atoms. The summed E-state index contributed by atoms with van der Waals surface area (Å²) in [4.78, 5) is 4.27. The predicted octanol–water partition coefficient (Wildman–Crippen LogP) is 2.03. The van der Waals surface area contributed by atoms with Crippen LogP contribution in [0.5, 0.6) is 0 Å². The number of hydrogen-bond acceptors (Lipinski definition) is 2. The van der Waals surface area contributed by atoms with E-state index in [9.17, 15) is 0 Å². The van der Waals surface area contributed by atoms with Crippen molar-refractivity contribution in [3.8, 4) is 11.3 Å². The highest BCUT2D eigenvalue weighted by atomic mass is 15.1. The van der Waals surface area contributed by atoms with Crippen LogP contribution in [0.4, 0.5) is 0 Å². The lowest BCUT2D eigenvalue weighted by Gasteiger charge is -1.98. The van der Waals surface area contributed by atoms with E-state index in [4.69, 9.17) is 0 Å². The molecule has 0 unspecified atom stereocenters. The van der Waals surface area contributed by atoms with Gasteiger partial charge in [0.1, 0.15) is 0 Å². The van der Waals surface area contributed by atoms with E-state index in [-0.39, 0.29) is 0 Å². The van der Waals surface area contributed by atoms with Crippen LogP contribution in [0.3, 0.4) is 0 Å². The predicted molar refractivity (Wildman–Crippen MR) is 51.2 cm³/mol. The molecule has 0 atom stereocenters. The van der Waals surface area contributed by atoms with E-state index in [1.807, 2.05) is 18.5 Å². The van der Waals surface area contributed by atoms with E-state index in [0.29, 0.717) is 0 Å². The van der Waals surface area contributed by atoms with Crippen LogP contribution in [0.2, 0.25) is 0 Å². The van der Waals surface area contributed by atoms with Gasteiger partial charge in [0.15, 0.2) is 0 Å². The van der Waals surface area contributed by atoms with E-state index in [0.717, 1.165) is 17.7 Å². The summed E-state index contributed by atoms with van der Waals surface area (Å²) >= 11 is 0. The maximum atomic E-state index is 4.27. The fraction of sp³-hybridized carbons (Fsp3) is 0.200. The fourth-order valence-electron chi connectivity index (χ4n) is 1.24. The average Bonchev–Trinajstić information content (AvgIpc) is 2.71. The SMILES string of the molecule is CCc1ccnc(-c2cn[nH]c2)c1. The first kappa shape index (κ1) is 7.98. The minimum atomic E-state index is 0.980. The molecule has 2 rings (SSSR count). The highest BCUT2D eigenvalue weighted by Gasteiger charge is 1.99. The van der Waals surface area contributed by atoms with Gasteiger partial charge in [0.2, 0.25) is 0 Å². The zero-order chi connectivity index (χ0) is 9.10. The molecule has 0 spiro atoms. The first-order valence-electron chi connectivity index (χ1n) is 4.34. The Balaban J connectivity index is 2.41. The molecule has 0 aromatic carbocycles. The summed E-state index contributed by atoms with van der Waals surface area (Å²) in [7, 11) is 0. The van der Waals surface area contributed by atoms with Gasteiger partial charge in [-0.25, -0.2) is 0 Å². The fourth-order valence-corrected chi connectivity index (χ4v) is 1.24. The lowest BCUT2D eigenvalue weighted by Crippen LogP contribution is -1.85.